The van der Waals surface area contributed by atoms with E-state index in [2.05, 4.69) is 10.2 Å². The highest BCUT2D eigenvalue weighted by Gasteiger charge is 2.26. The molecule has 0 atom stereocenters. The first kappa shape index (κ1) is 21.9. The van der Waals surface area contributed by atoms with Crippen LogP contribution in [0.2, 0.25) is 0 Å². The lowest BCUT2D eigenvalue weighted by molar-refractivity contribution is -0.388. The number of nitro groups is 1. The number of nitro benzene ring substituents is 1. The van der Waals surface area contributed by atoms with Crippen LogP contribution >= 0.6 is 11.8 Å². The van der Waals surface area contributed by atoms with Gasteiger partial charge in [-0.05, 0) is 43.0 Å². The minimum absolute atomic E-state index is 0.119. The lowest BCUT2D eigenvalue weighted by Gasteiger charge is -2.18. The van der Waals surface area contributed by atoms with Gasteiger partial charge < -0.3 is 4.42 Å². The molecule has 9 nitrogen and oxygen atoms in total. The van der Waals surface area contributed by atoms with E-state index in [4.69, 9.17) is 4.42 Å². The van der Waals surface area contributed by atoms with E-state index in [0.717, 1.165) is 29.0 Å². The Morgan fingerprint density at radius 2 is 1.77 bits per heavy atom. The highest BCUT2D eigenvalue weighted by molar-refractivity contribution is 7.99. The molecule has 0 radical (unpaired) electrons. The molecule has 2 aromatic carbocycles. The molecule has 0 bridgehead atoms. The van der Waals surface area contributed by atoms with Crippen molar-refractivity contribution in [3.05, 3.63) is 58.1 Å². The Kier molecular flexibility index (Phi) is 6.54. The highest BCUT2D eigenvalue weighted by Crippen LogP contribution is 2.37. The number of benzene rings is 2. The minimum atomic E-state index is -3.81. The van der Waals surface area contributed by atoms with Crippen LogP contribution in [0.25, 0.3) is 11.5 Å². The first-order chi connectivity index (χ1) is 14.3. The van der Waals surface area contributed by atoms with Crippen molar-refractivity contribution >= 4 is 27.5 Å². The maximum absolute atomic E-state index is 12.7. The van der Waals surface area contributed by atoms with Crippen LogP contribution in [0.15, 0.2) is 61.9 Å². The van der Waals surface area contributed by atoms with E-state index in [-0.39, 0.29) is 33.8 Å². The molecular weight excluding hydrogens is 428 g/mol. The molecule has 0 unspecified atom stereocenters. The van der Waals surface area contributed by atoms with Crippen molar-refractivity contribution in [3.63, 3.8) is 0 Å². The summed E-state index contributed by atoms with van der Waals surface area (Å²) in [6, 6.07) is 11.3. The van der Waals surface area contributed by atoms with Gasteiger partial charge in [-0.3, -0.25) is 10.1 Å². The molecule has 1 heterocycles. The summed E-state index contributed by atoms with van der Waals surface area (Å²) in [5.41, 5.74) is 1.47. The zero-order chi connectivity index (χ0) is 21.9. The van der Waals surface area contributed by atoms with Gasteiger partial charge in [-0.25, -0.2) is 8.42 Å². The van der Waals surface area contributed by atoms with Crippen LogP contribution in [0, 0.1) is 17.0 Å². The van der Waals surface area contributed by atoms with Crippen molar-refractivity contribution in [1.82, 2.24) is 14.5 Å². The quantitative estimate of drug-likeness (QED) is 0.373. The van der Waals surface area contributed by atoms with Crippen molar-refractivity contribution in [2.24, 2.45) is 0 Å². The van der Waals surface area contributed by atoms with Crippen molar-refractivity contribution in [2.75, 3.05) is 13.1 Å². The molecule has 3 rings (SSSR count). The van der Waals surface area contributed by atoms with Crippen LogP contribution in [-0.4, -0.2) is 40.9 Å². The van der Waals surface area contributed by atoms with Crippen LogP contribution in [-0.2, 0) is 10.0 Å². The second-order valence-corrected chi connectivity index (χ2v) is 9.25. The standard InChI is InChI=1S/C19H20N4O5S2/c1-4-22(5-2)30(26,27)15-10-11-17(16(12-15)23(24)25)29-19-21-20-18(28-19)14-8-6-13(3)7-9-14/h6-12H,4-5H2,1-3H3. The van der Waals surface area contributed by atoms with Gasteiger partial charge in [0.1, 0.15) is 0 Å². The molecule has 3 aromatic rings. The summed E-state index contributed by atoms with van der Waals surface area (Å²) in [6.45, 7) is 5.92. The fourth-order valence-corrected chi connectivity index (χ4v) is 5.00. The van der Waals surface area contributed by atoms with Crippen molar-refractivity contribution < 1.29 is 17.8 Å². The molecule has 0 saturated carbocycles. The molecular formula is C19H20N4O5S2. The van der Waals surface area contributed by atoms with Gasteiger partial charge in [-0.15, -0.1) is 10.2 Å². The zero-order valence-electron chi connectivity index (χ0n) is 16.6. The summed E-state index contributed by atoms with van der Waals surface area (Å²) < 4.78 is 32.2. The number of aromatic nitrogens is 2. The van der Waals surface area contributed by atoms with Gasteiger partial charge >= 0.3 is 0 Å². The minimum Gasteiger partial charge on any atom is -0.411 e. The third-order valence-electron chi connectivity index (χ3n) is 4.37. The predicted octanol–water partition coefficient (Wildman–Crippen LogP) is 4.13. The fourth-order valence-electron chi connectivity index (χ4n) is 2.76. The van der Waals surface area contributed by atoms with Gasteiger partial charge in [-0.1, -0.05) is 31.5 Å². The number of rotatable bonds is 8. The largest absolute Gasteiger partial charge is 0.411 e. The van der Waals surface area contributed by atoms with Crippen LogP contribution in [0.5, 0.6) is 0 Å². The average Bonchev–Trinajstić information content (AvgIpc) is 3.17. The molecule has 0 aliphatic heterocycles. The molecule has 158 valence electrons. The Hall–Kier alpha value is -2.76. The van der Waals surface area contributed by atoms with Crippen LogP contribution in [0.4, 0.5) is 5.69 Å². The Bertz CT molecular complexity index is 1160. The molecule has 0 saturated heterocycles. The van der Waals surface area contributed by atoms with E-state index in [0.29, 0.717) is 5.89 Å². The van der Waals surface area contributed by atoms with Crippen molar-refractivity contribution in [1.29, 1.82) is 0 Å². The van der Waals surface area contributed by atoms with Crippen LogP contribution in [0.1, 0.15) is 19.4 Å². The predicted molar refractivity (Wildman–Crippen MR) is 112 cm³/mol. The first-order valence-electron chi connectivity index (χ1n) is 9.13. The Morgan fingerprint density at radius 3 is 2.37 bits per heavy atom. The van der Waals surface area contributed by atoms with Gasteiger partial charge in [0.2, 0.25) is 15.9 Å². The summed E-state index contributed by atoms with van der Waals surface area (Å²) in [5.74, 6) is 0.292. The lowest BCUT2D eigenvalue weighted by atomic mass is 10.1. The monoisotopic (exact) mass is 448 g/mol. The smallest absolute Gasteiger partial charge is 0.284 e. The second kappa shape index (κ2) is 8.94. The maximum atomic E-state index is 12.7. The SMILES string of the molecule is CCN(CC)S(=O)(=O)c1ccc(Sc2nnc(-c3ccc(C)cc3)o2)c([N+](=O)[O-])c1. The van der Waals surface area contributed by atoms with Crippen LogP contribution < -0.4 is 0 Å². The molecule has 11 heteroatoms. The summed E-state index contributed by atoms with van der Waals surface area (Å²) in [5, 5.41) is 19.6. The summed E-state index contributed by atoms with van der Waals surface area (Å²) in [4.78, 5) is 11.0. The van der Waals surface area contributed by atoms with Crippen molar-refractivity contribution in [3.8, 4) is 11.5 Å². The number of sulfonamides is 1. The third-order valence-corrected chi connectivity index (χ3v) is 7.32. The molecule has 0 aliphatic carbocycles. The highest BCUT2D eigenvalue weighted by atomic mass is 32.2. The van der Waals surface area contributed by atoms with Gasteiger partial charge in [0.25, 0.3) is 10.9 Å². The van der Waals surface area contributed by atoms with Crippen molar-refractivity contribution in [2.45, 2.75) is 35.8 Å². The zero-order valence-corrected chi connectivity index (χ0v) is 18.2. The lowest BCUT2D eigenvalue weighted by Crippen LogP contribution is -2.30. The Balaban J connectivity index is 1.92. The van der Waals surface area contributed by atoms with Gasteiger partial charge in [0, 0.05) is 24.7 Å². The molecule has 0 N–H and O–H groups in total. The number of aryl methyl sites for hydroxylation is 1. The number of hydrogen-bond acceptors (Lipinski definition) is 8. The topological polar surface area (TPSA) is 119 Å². The molecule has 0 fully saturated rings. The second-order valence-electron chi connectivity index (χ2n) is 6.32. The molecule has 0 amide bonds. The Labute approximate surface area is 178 Å². The van der Waals surface area contributed by atoms with E-state index < -0.39 is 14.9 Å². The fraction of sp³-hybridized carbons (Fsp3) is 0.263. The molecule has 0 spiro atoms. The summed E-state index contributed by atoms with van der Waals surface area (Å²) >= 11 is 0.910. The summed E-state index contributed by atoms with van der Waals surface area (Å²) in [7, 11) is -3.81. The van der Waals surface area contributed by atoms with E-state index in [1.165, 1.54) is 16.4 Å². The average molecular weight is 449 g/mol. The maximum Gasteiger partial charge on any atom is 0.284 e. The Morgan fingerprint density at radius 1 is 1.10 bits per heavy atom. The third kappa shape index (κ3) is 4.53. The van der Waals surface area contributed by atoms with Gasteiger partial charge in [-0.2, -0.15) is 4.31 Å². The summed E-state index contributed by atoms with van der Waals surface area (Å²) in [6.07, 6.45) is 0. The molecule has 30 heavy (non-hydrogen) atoms. The number of hydrogen-bond donors (Lipinski definition) is 0. The van der Waals surface area contributed by atoms with E-state index >= 15 is 0 Å². The van der Waals surface area contributed by atoms with Crippen LogP contribution in [0.3, 0.4) is 0 Å². The normalized spacial score (nSPS) is 11.7. The number of nitrogens with zero attached hydrogens (tertiary/aromatic N) is 4. The molecule has 1 aromatic heterocycles. The van der Waals surface area contributed by atoms with Gasteiger partial charge in [0.05, 0.1) is 14.7 Å². The first-order valence-corrected chi connectivity index (χ1v) is 11.4. The molecule has 0 aliphatic rings. The van der Waals surface area contributed by atoms with Gasteiger partial charge in [0.15, 0.2) is 0 Å². The van der Waals surface area contributed by atoms with E-state index in [1.807, 2.05) is 31.2 Å². The van der Waals surface area contributed by atoms with E-state index in [9.17, 15) is 18.5 Å². The van der Waals surface area contributed by atoms with E-state index in [1.54, 1.807) is 13.8 Å².